The highest BCUT2D eigenvalue weighted by molar-refractivity contribution is 6.24. The highest BCUT2D eigenvalue weighted by Gasteiger charge is 2.45. The second-order valence-electron chi connectivity index (χ2n) is 8.50. The molecule has 2 aromatic carbocycles. The molecule has 8 nitrogen and oxygen atoms in total. The number of para-hydroxylation sites is 1. The van der Waals surface area contributed by atoms with Crippen LogP contribution in [0.25, 0.3) is 0 Å². The van der Waals surface area contributed by atoms with Gasteiger partial charge in [0, 0.05) is 31.1 Å². The molecule has 2 aromatic rings. The van der Waals surface area contributed by atoms with Crippen LogP contribution in [0.5, 0.6) is 0 Å². The van der Waals surface area contributed by atoms with Crippen molar-refractivity contribution in [1.29, 1.82) is 0 Å². The van der Waals surface area contributed by atoms with Crippen LogP contribution >= 0.6 is 0 Å². The van der Waals surface area contributed by atoms with Gasteiger partial charge in [-0.05, 0) is 42.6 Å². The number of nitrogens with zero attached hydrogens (tertiary/aromatic N) is 2. The zero-order valence-corrected chi connectivity index (χ0v) is 17.5. The molecule has 32 heavy (non-hydrogen) atoms. The van der Waals surface area contributed by atoms with E-state index in [9.17, 15) is 19.2 Å². The first-order chi connectivity index (χ1) is 15.5. The minimum atomic E-state index is -0.964. The third-order valence-electron chi connectivity index (χ3n) is 6.59. The van der Waals surface area contributed by atoms with E-state index in [4.69, 9.17) is 5.73 Å². The van der Waals surface area contributed by atoms with Crippen molar-refractivity contribution in [2.75, 3.05) is 18.0 Å². The molecular weight excluding hydrogens is 408 g/mol. The lowest BCUT2D eigenvalue weighted by atomic mass is 9.98. The van der Waals surface area contributed by atoms with E-state index < -0.39 is 23.8 Å². The number of amides is 4. The molecule has 2 atom stereocenters. The van der Waals surface area contributed by atoms with E-state index in [1.807, 2.05) is 18.2 Å². The van der Waals surface area contributed by atoms with Crippen LogP contribution in [0, 0.1) is 0 Å². The molecule has 8 heteroatoms. The van der Waals surface area contributed by atoms with E-state index >= 15 is 0 Å². The maximum atomic E-state index is 13.3. The van der Waals surface area contributed by atoms with Crippen LogP contribution in [-0.4, -0.2) is 47.7 Å². The van der Waals surface area contributed by atoms with Crippen molar-refractivity contribution in [3.8, 4) is 0 Å². The highest BCUT2D eigenvalue weighted by Crippen LogP contribution is 2.39. The predicted molar refractivity (Wildman–Crippen MR) is 117 cm³/mol. The summed E-state index contributed by atoms with van der Waals surface area (Å²) in [6, 6.07) is 12.5. The number of nitrogens with one attached hydrogen (secondary N) is 1. The number of carbonyl (C=O) groups is 4. The van der Waals surface area contributed by atoms with E-state index in [1.165, 1.54) is 5.56 Å². The number of carbonyl (C=O) groups excluding carboxylic acids is 4. The summed E-state index contributed by atoms with van der Waals surface area (Å²) < 4.78 is 0. The molecule has 5 rings (SSSR count). The Morgan fingerprint density at radius 2 is 1.81 bits per heavy atom. The Morgan fingerprint density at radius 1 is 1.00 bits per heavy atom. The van der Waals surface area contributed by atoms with Crippen molar-refractivity contribution in [3.05, 3.63) is 64.7 Å². The minimum absolute atomic E-state index is 0.101. The number of hydrogen-bond acceptors (Lipinski definition) is 6. The smallest absolute Gasteiger partial charge is 0.262 e. The summed E-state index contributed by atoms with van der Waals surface area (Å²) in [5.41, 5.74) is 9.58. The van der Waals surface area contributed by atoms with E-state index in [1.54, 1.807) is 12.1 Å². The maximum absolute atomic E-state index is 13.3. The summed E-state index contributed by atoms with van der Waals surface area (Å²) in [6.45, 7) is 1.87. The van der Waals surface area contributed by atoms with Crippen molar-refractivity contribution in [2.24, 2.45) is 5.73 Å². The Kier molecular flexibility index (Phi) is 5.01. The summed E-state index contributed by atoms with van der Waals surface area (Å²) >= 11 is 0. The van der Waals surface area contributed by atoms with E-state index in [2.05, 4.69) is 22.3 Å². The van der Waals surface area contributed by atoms with Crippen LogP contribution < -0.4 is 16.0 Å². The fourth-order valence-corrected chi connectivity index (χ4v) is 5.10. The lowest BCUT2D eigenvalue weighted by Crippen LogP contribution is -2.54. The number of rotatable bonds is 5. The van der Waals surface area contributed by atoms with E-state index in [0.717, 1.165) is 29.1 Å². The lowest BCUT2D eigenvalue weighted by Gasteiger charge is -2.28. The van der Waals surface area contributed by atoms with E-state index in [0.29, 0.717) is 30.1 Å². The van der Waals surface area contributed by atoms with Crippen LogP contribution in [0.4, 0.5) is 5.69 Å². The van der Waals surface area contributed by atoms with Gasteiger partial charge in [-0.2, -0.15) is 0 Å². The number of piperidine rings is 1. The summed E-state index contributed by atoms with van der Waals surface area (Å²) in [5.74, 6) is -1.62. The molecule has 4 amide bonds. The van der Waals surface area contributed by atoms with Gasteiger partial charge in [0.25, 0.3) is 11.8 Å². The van der Waals surface area contributed by atoms with Gasteiger partial charge in [-0.25, -0.2) is 0 Å². The van der Waals surface area contributed by atoms with Gasteiger partial charge in [-0.1, -0.05) is 30.3 Å². The molecule has 1 saturated heterocycles. The quantitative estimate of drug-likeness (QED) is 0.693. The SMILES string of the molecule is NCCC1CN(Cc2cccc3c2C(=O)N(C2CCC(=O)NC2=O)C3=O)c2ccccc21. The van der Waals surface area contributed by atoms with Crippen LogP contribution in [0.1, 0.15) is 57.0 Å². The average Bonchev–Trinajstić information content (AvgIpc) is 3.25. The molecule has 0 aliphatic carbocycles. The number of nitrogens with two attached hydrogens (primary N) is 1. The number of imide groups is 2. The molecule has 0 saturated carbocycles. The Balaban J connectivity index is 1.45. The zero-order valence-electron chi connectivity index (χ0n) is 17.5. The van der Waals surface area contributed by atoms with Crippen LogP contribution in [-0.2, 0) is 16.1 Å². The average molecular weight is 432 g/mol. The fourth-order valence-electron chi connectivity index (χ4n) is 5.10. The van der Waals surface area contributed by atoms with Crippen molar-refractivity contribution in [2.45, 2.75) is 37.8 Å². The van der Waals surface area contributed by atoms with Gasteiger partial charge in [0.1, 0.15) is 6.04 Å². The molecule has 3 N–H and O–H groups in total. The summed E-state index contributed by atoms with van der Waals surface area (Å²) in [7, 11) is 0. The number of benzene rings is 2. The molecule has 2 unspecified atom stereocenters. The minimum Gasteiger partial charge on any atom is -0.366 e. The molecular formula is C24H24N4O4. The Bertz CT molecular complexity index is 1140. The van der Waals surface area contributed by atoms with Crippen LogP contribution in [0.3, 0.4) is 0 Å². The molecule has 0 bridgehead atoms. The number of hydrogen-bond donors (Lipinski definition) is 2. The summed E-state index contributed by atoms with van der Waals surface area (Å²) in [5, 5.41) is 2.23. The van der Waals surface area contributed by atoms with Crippen molar-refractivity contribution >= 4 is 29.3 Å². The monoisotopic (exact) mass is 432 g/mol. The topological polar surface area (TPSA) is 113 Å². The Morgan fingerprint density at radius 3 is 2.59 bits per heavy atom. The lowest BCUT2D eigenvalue weighted by molar-refractivity contribution is -0.136. The van der Waals surface area contributed by atoms with Gasteiger partial charge < -0.3 is 10.6 Å². The van der Waals surface area contributed by atoms with Gasteiger partial charge in [0.05, 0.1) is 11.1 Å². The fraction of sp³-hybridized carbons (Fsp3) is 0.333. The number of anilines is 1. The Hall–Kier alpha value is -3.52. The zero-order chi connectivity index (χ0) is 22.4. The molecule has 0 radical (unpaired) electrons. The Labute approximate surface area is 185 Å². The molecule has 3 aliphatic heterocycles. The first-order valence-electron chi connectivity index (χ1n) is 10.9. The van der Waals surface area contributed by atoms with Crippen molar-refractivity contribution < 1.29 is 19.2 Å². The third-order valence-corrected chi connectivity index (χ3v) is 6.59. The van der Waals surface area contributed by atoms with Crippen LogP contribution in [0.15, 0.2) is 42.5 Å². The summed E-state index contributed by atoms with van der Waals surface area (Å²) in [6.07, 6.45) is 1.12. The largest absolute Gasteiger partial charge is 0.366 e. The van der Waals surface area contributed by atoms with E-state index in [-0.39, 0.29) is 18.7 Å². The van der Waals surface area contributed by atoms with Crippen LogP contribution in [0.2, 0.25) is 0 Å². The first-order valence-corrected chi connectivity index (χ1v) is 10.9. The van der Waals surface area contributed by atoms with Gasteiger partial charge >= 0.3 is 0 Å². The molecule has 3 aliphatic rings. The second-order valence-corrected chi connectivity index (χ2v) is 8.50. The molecule has 0 aromatic heterocycles. The highest BCUT2D eigenvalue weighted by atomic mass is 16.2. The maximum Gasteiger partial charge on any atom is 0.262 e. The molecule has 164 valence electrons. The van der Waals surface area contributed by atoms with Gasteiger partial charge in [0.2, 0.25) is 11.8 Å². The molecule has 1 fully saturated rings. The van der Waals surface area contributed by atoms with Crippen molar-refractivity contribution in [1.82, 2.24) is 10.2 Å². The molecule has 0 spiro atoms. The number of fused-ring (bicyclic) bond motifs is 2. The predicted octanol–water partition coefficient (Wildman–Crippen LogP) is 1.54. The van der Waals surface area contributed by atoms with Gasteiger partial charge in [0.15, 0.2) is 0 Å². The van der Waals surface area contributed by atoms with Gasteiger partial charge in [-0.15, -0.1) is 0 Å². The standard InChI is InChI=1S/C24H24N4O4/c25-11-10-14-12-27(18-7-2-1-5-16(14)18)13-15-4-3-6-17-21(15)24(32)28(23(17)31)19-8-9-20(29)26-22(19)30/h1-7,14,19H,8-13,25H2,(H,26,29,30). The van der Waals surface area contributed by atoms with Gasteiger partial charge in [-0.3, -0.25) is 29.4 Å². The van der Waals surface area contributed by atoms with Crippen molar-refractivity contribution in [3.63, 3.8) is 0 Å². The molecule has 3 heterocycles. The second kappa shape index (κ2) is 7.87. The summed E-state index contributed by atoms with van der Waals surface area (Å²) in [4.78, 5) is 53.5. The third kappa shape index (κ3) is 3.18. The first kappa shape index (κ1) is 20.4. The normalized spacial score (nSPS) is 22.3.